The average molecular weight is 444 g/mol. The van der Waals surface area contributed by atoms with Gasteiger partial charge >= 0.3 is 0 Å². The summed E-state index contributed by atoms with van der Waals surface area (Å²) in [7, 11) is 0. The Morgan fingerprint density at radius 3 is 2.45 bits per heavy atom. The molecular formula is C17H19BrIN. The third-order valence-corrected chi connectivity index (χ3v) is 4.74. The van der Waals surface area contributed by atoms with E-state index in [9.17, 15) is 0 Å². The summed E-state index contributed by atoms with van der Waals surface area (Å²) in [5.74, 6) is 0. The highest BCUT2D eigenvalue weighted by Crippen LogP contribution is 2.27. The zero-order chi connectivity index (χ0) is 14.5. The Morgan fingerprint density at radius 1 is 1.15 bits per heavy atom. The lowest BCUT2D eigenvalue weighted by molar-refractivity contribution is 0.548. The van der Waals surface area contributed by atoms with Gasteiger partial charge in [0.2, 0.25) is 0 Å². The number of aryl methyl sites for hydroxylation is 1. The molecule has 0 aliphatic rings. The quantitative estimate of drug-likeness (QED) is 0.622. The van der Waals surface area contributed by atoms with Gasteiger partial charge in [-0.15, -0.1) is 0 Å². The highest BCUT2D eigenvalue weighted by molar-refractivity contribution is 14.1. The summed E-state index contributed by atoms with van der Waals surface area (Å²) in [5, 5.41) is 3.59. The molecule has 0 saturated heterocycles. The SMILES string of the molecule is CCNC(Cc1ccc(I)cc1)c1ccc(C)cc1Br. The molecule has 0 bridgehead atoms. The second-order valence-corrected chi connectivity index (χ2v) is 7.07. The molecule has 2 aromatic rings. The summed E-state index contributed by atoms with van der Waals surface area (Å²) < 4.78 is 2.47. The highest BCUT2D eigenvalue weighted by Gasteiger charge is 2.14. The number of likely N-dealkylation sites (N-methyl/N-ethyl adjacent to an activating group) is 1. The summed E-state index contributed by atoms with van der Waals surface area (Å²) >= 11 is 6.05. The van der Waals surface area contributed by atoms with Crippen LogP contribution >= 0.6 is 38.5 Å². The van der Waals surface area contributed by atoms with E-state index in [0.29, 0.717) is 6.04 Å². The molecule has 106 valence electrons. The Bertz CT molecular complexity index is 566. The lowest BCUT2D eigenvalue weighted by atomic mass is 9.98. The maximum absolute atomic E-state index is 3.70. The molecule has 0 heterocycles. The molecular weight excluding hydrogens is 425 g/mol. The highest BCUT2D eigenvalue weighted by atomic mass is 127. The topological polar surface area (TPSA) is 12.0 Å². The van der Waals surface area contributed by atoms with Gasteiger partial charge in [-0.2, -0.15) is 0 Å². The van der Waals surface area contributed by atoms with Crippen molar-refractivity contribution in [3.63, 3.8) is 0 Å². The standard InChI is InChI=1S/C17H19BrIN/c1-3-20-17(11-13-5-7-14(19)8-6-13)15-9-4-12(2)10-16(15)18/h4-10,17,20H,3,11H2,1-2H3. The van der Waals surface area contributed by atoms with E-state index in [4.69, 9.17) is 0 Å². The molecule has 0 aliphatic heterocycles. The molecule has 1 atom stereocenters. The largest absolute Gasteiger partial charge is 0.310 e. The lowest BCUT2D eigenvalue weighted by Gasteiger charge is -2.20. The molecule has 3 heteroatoms. The Balaban J connectivity index is 2.24. The zero-order valence-corrected chi connectivity index (χ0v) is 15.5. The van der Waals surface area contributed by atoms with Crippen molar-refractivity contribution in [2.75, 3.05) is 6.54 Å². The van der Waals surface area contributed by atoms with Crippen LogP contribution in [0.3, 0.4) is 0 Å². The summed E-state index contributed by atoms with van der Waals surface area (Å²) in [6.07, 6.45) is 1.01. The van der Waals surface area contributed by atoms with Gasteiger partial charge in [0, 0.05) is 14.1 Å². The summed E-state index contributed by atoms with van der Waals surface area (Å²) in [5.41, 5.74) is 3.98. The van der Waals surface area contributed by atoms with Crippen LogP contribution in [0.4, 0.5) is 0 Å². The molecule has 2 rings (SSSR count). The van der Waals surface area contributed by atoms with Crippen LogP contribution in [-0.4, -0.2) is 6.54 Å². The normalized spacial score (nSPS) is 12.4. The second kappa shape index (κ2) is 7.57. The molecule has 0 fully saturated rings. The maximum atomic E-state index is 3.70. The molecule has 1 N–H and O–H groups in total. The first-order valence-electron chi connectivity index (χ1n) is 6.84. The van der Waals surface area contributed by atoms with Crippen molar-refractivity contribution in [1.29, 1.82) is 0 Å². The predicted molar refractivity (Wildman–Crippen MR) is 98.2 cm³/mol. The number of hydrogen-bond acceptors (Lipinski definition) is 1. The van der Waals surface area contributed by atoms with E-state index in [1.807, 2.05) is 0 Å². The number of hydrogen-bond donors (Lipinski definition) is 1. The van der Waals surface area contributed by atoms with Gasteiger partial charge in [0.15, 0.2) is 0 Å². The molecule has 1 unspecified atom stereocenters. The third kappa shape index (κ3) is 4.30. The number of halogens is 2. The Morgan fingerprint density at radius 2 is 1.85 bits per heavy atom. The molecule has 0 aromatic heterocycles. The van der Waals surface area contributed by atoms with E-state index in [2.05, 4.69) is 100 Å². The fraction of sp³-hybridized carbons (Fsp3) is 0.294. The minimum atomic E-state index is 0.343. The van der Waals surface area contributed by atoms with Crippen molar-refractivity contribution in [3.05, 3.63) is 67.2 Å². The fourth-order valence-electron chi connectivity index (χ4n) is 2.31. The molecule has 20 heavy (non-hydrogen) atoms. The second-order valence-electron chi connectivity index (χ2n) is 4.97. The van der Waals surface area contributed by atoms with Crippen LogP contribution < -0.4 is 5.32 Å². The van der Waals surface area contributed by atoms with E-state index in [1.54, 1.807) is 0 Å². The fourth-order valence-corrected chi connectivity index (χ4v) is 3.44. The van der Waals surface area contributed by atoms with E-state index in [0.717, 1.165) is 13.0 Å². The third-order valence-electron chi connectivity index (χ3n) is 3.33. The lowest BCUT2D eigenvalue weighted by Crippen LogP contribution is -2.23. The van der Waals surface area contributed by atoms with Crippen LogP contribution in [-0.2, 0) is 6.42 Å². The molecule has 1 nitrogen and oxygen atoms in total. The Kier molecular flexibility index (Phi) is 6.05. The first kappa shape index (κ1) is 16.0. The molecule has 0 amide bonds. The number of benzene rings is 2. The summed E-state index contributed by atoms with van der Waals surface area (Å²) in [4.78, 5) is 0. The van der Waals surface area contributed by atoms with Crippen LogP contribution in [0.1, 0.15) is 29.7 Å². The zero-order valence-electron chi connectivity index (χ0n) is 11.8. The monoisotopic (exact) mass is 443 g/mol. The van der Waals surface area contributed by atoms with Crippen LogP contribution in [0.25, 0.3) is 0 Å². The van der Waals surface area contributed by atoms with Crippen molar-refractivity contribution < 1.29 is 0 Å². The van der Waals surface area contributed by atoms with Gasteiger partial charge in [-0.05, 0) is 77.4 Å². The number of rotatable bonds is 5. The predicted octanol–water partition coefficient (Wildman–Crippen LogP) is 5.26. The first-order valence-corrected chi connectivity index (χ1v) is 8.71. The molecule has 0 aliphatic carbocycles. The maximum Gasteiger partial charge on any atom is 0.0372 e. The van der Waals surface area contributed by atoms with Gasteiger partial charge in [-0.3, -0.25) is 0 Å². The van der Waals surface area contributed by atoms with Gasteiger partial charge in [-0.25, -0.2) is 0 Å². The van der Waals surface area contributed by atoms with Crippen molar-refractivity contribution in [1.82, 2.24) is 5.32 Å². The summed E-state index contributed by atoms with van der Waals surface area (Å²) in [6, 6.07) is 15.7. The smallest absolute Gasteiger partial charge is 0.0372 e. The van der Waals surface area contributed by atoms with Crippen LogP contribution in [0.15, 0.2) is 46.9 Å². The minimum absolute atomic E-state index is 0.343. The van der Waals surface area contributed by atoms with E-state index in [1.165, 1.54) is 24.7 Å². The Hall–Kier alpha value is -0.390. The van der Waals surface area contributed by atoms with Crippen molar-refractivity contribution >= 4 is 38.5 Å². The summed E-state index contributed by atoms with van der Waals surface area (Å²) in [6.45, 7) is 5.24. The van der Waals surface area contributed by atoms with E-state index < -0.39 is 0 Å². The van der Waals surface area contributed by atoms with Crippen LogP contribution in [0, 0.1) is 10.5 Å². The first-order chi connectivity index (χ1) is 9.60. The molecule has 2 aromatic carbocycles. The van der Waals surface area contributed by atoms with Gasteiger partial charge in [0.1, 0.15) is 0 Å². The number of nitrogens with one attached hydrogen (secondary N) is 1. The van der Waals surface area contributed by atoms with Crippen LogP contribution in [0.5, 0.6) is 0 Å². The van der Waals surface area contributed by atoms with Crippen LogP contribution in [0.2, 0.25) is 0 Å². The minimum Gasteiger partial charge on any atom is -0.310 e. The van der Waals surface area contributed by atoms with Gasteiger partial charge < -0.3 is 5.32 Å². The van der Waals surface area contributed by atoms with Crippen molar-refractivity contribution in [3.8, 4) is 0 Å². The van der Waals surface area contributed by atoms with Gasteiger partial charge in [0.05, 0.1) is 0 Å². The van der Waals surface area contributed by atoms with Gasteiger partial charge in [0.25, 0.3) is 0 Å². The van der Waals surface area contributed by atoms with Gasteiger partial charge in [-0.1, -0.05) is 47.1 Å². The van der Waals surface area contributed by atoms with E-state index >= 15 is 0 Å². The molecule has 0 spiro atoms. The molecule has 0 saturated carbocycles. The van der Waals surface area contributed by atoms with Crippen molar-refractivity contribution in [2.24, 2.45) is 0 Å². The van der Waals surface area contributed by atoms with E-state index in [-0.39, 0.29) is 0 Å². The molecule has 0 radical (unpaired) electrons. The average Bonchev–Trinajstić information content (AvgIpc) is 2.41. The van der Waals surface area contributed by atoms with Crippen molar-refractivity contribution in [2.45, 2.75) is 26.3 Å². The Labute approximate surface area is 143 Å².